The van der Waals surface area contributed by atoms with Crippen LogP contribution in [-0.4, -0.2) is 40.5 Å². The molecule has 37 heavy (non-hydrogen) atoms. The minimum Gasteiger partial charge on any atom is -0.379 e. The third-order valence-corrected chi connectivity index (χ3v) is 7.65. The number of phosphoric ester groups is 1. The van der Waals surface area contributed by atoms with E-state index in [9.17, 15) is 14.4 Å². The summed E-state index contributed by atoms with van der Waals surface area (Å²) in [6.45, 7) is 3.47. The topological polar surface area (TPSA) is 85.2 Å². The molecule has 6 nitrogen and oxygen atoms in total. The number of ether oxygens (including phenoxy) is 2. The Balaban J connectivity index is 2.25. The molecular weight excluding hydrogens is 555 g/mol. The quantitative estimate of drug-likeness (QED) is 0.0623. The van der Waals surface area contributed by atoms with Crippen LogP contribution in [0.1, 0.15) is 115 Å². The molecule has 0 spiro atoms. The normalized spacial score (nSPS) is 13.6. The summed E-state index contributed by atoms with van der Waals surface area (Å²) in [4.78, 5) is 18.8. The van der Waals surface area contributed by atoms with E-state index < -0.39 is 20.0 Å². The molecule has 2 unspecified atom stereocenters. The molecule has 2 N–H and O–H groups in total. The number of rotatable bonds is 26. The van der Waals surface area contributed by atoms with E-state index in [0.29, 0.717) is 19.6 Å². The van der Waals surface area contributed by atoms with Crippen LogP contribution in [-0.2, 0) is 25.2 Å². The zero-order valence-corrected chi connectivity index (χ0v) is 25.5. The number of unbranched alkanes of at least 4 members (excludes halogenated alkanes) is 13. The van der Waals surface area contributed by atoms with Crippen molar-refractivity contribution in [3.05, 3.63) is 35.9 Å². The second-order valence-electron chi connectivity index (χ2n) is 9.97. The fourth-order valence-electron chi connectivity index (χ4n) is 4.40. The monoisotopic (exact) mass is 606 g/mol. The van der Waals surface area contributed by atoms with Gasteiger partial charge in [-0.1, -0.05) is 137 Å². The molecule has 1 aromatic rings. The van der Waals surface area contributed by atoms with Crippen molar-refractivity contribution >= 4 is 23.8 Å². The molecule has 0 amide bonds. The van der Waals surface area contributed by atoms with Crippen LogP contribution in [0.15, 0.2) is 30.3 Å². The number of alkyl halides is 1. The van der Waals surface area contributed by atoms with Crippen LogP contribution >= 0.6 is 23.8 Å². The Bertz CT molecular complexity index is 672. The molecule has 0 aliphatic rings. The largest absolute Gasteiger partial charge is 0.469 e. The molecule has 8 heteroatoms. The Hall–Kier alpha value is -0.270. The van der Waals surface area contributed by atoms with E-state index in [-0.39, 0.29) is 6.61 Å². The lowest BCUT2D eigenvalue weighted by Crippen LogP contribution is -2.35. The molecule has 0 saturated heterocycles. The fraction of sp³-hybridized carbons (Fsp3) is 0.793. The highest BCUT2D eigenvalue weighted by Gasteiger charge is 2.30. The lowest BCUT2D eigenvalue weighted by molar-refractivity contribution is -0.0858. The van der Waals surface area contributed by atoms with E-state index in [2.05, 4.69) is 22.9 Å². The lowest BCUT2D eigenvalue weighted by Gasteiger charge is -2.27. The minimum absolute atomic E-state index is 0.248. The van der Waals surface area contributed by atoms with Crippen molar-refractivity contribution in [3.8, 4) is 0 Å². The smallest absolute Gasteiger partial charge is 0.379 e. The Kier molecular flexibility index (Phi) is 22.2. The number of phosphoric acid groups is 1. The van der Waals surface area contributed by atoms with Crippen molar-refractivity contribution in [1.82, 2.24) is 0 Å². The Morgan fingerprint density at radius 3 is 1.84 bits per heavy atom. The predicted octanol–water partition coefficient (Wildman–Crippen LogP) is 8.72. The van der Waals surface area contributed by atoms with Crippen molar-refractivity contribution in [2.24, 2.45) is 0 Å². The van der Waals surface area contributed by atoms with Gasteiger partial charge in [-0.2, -0.15) is 0 Å². The number of halogens is 1. The van der Waals surface area contributed by atoms with Crippen LogP contribution in [0.2, 0.25) is 0 Å². The van der Waals surface area contributed by atoms with Crippen molar-refractivity contribution in [2.45, 2.75) is 128 Å². The van der Waals surface area contributed by atoms with Crippen molar-refractivity contribution < 1.29 is 28.3 Å². The second kappa shape index (κ2) is 23.6. The molecule has 0 saturated carbocycles. The highest BCUT2D eigenvalue weighted by atomic mass is 79.9. The van der Waals surface area contributed by atoms with Gasteiger partial charge in [-0.05, 0) is 24.8 Å². The van der Waals surface area contributed by atoms with E-state index in [1.807, 2.05) is 30.3 Å². The Morgan fingerprint density at radius 2 is 1.32 bits per heavy atom. The van der Waals surface area contributed by atoms with Gasteiger partial charge >= 0.3 is 7.82 Å². The molecule has 0 aliphatic carbocycles. The van der Waals surface area contributed by atoms with Crippen LogP contribution in [0.25, 0.3) is 0 Å². The Morgan fingerprint density at radius 1 is 0.784 bits per heavy atom. The van der Waals surface area contributed by atoms with E-state index in [1.165, 1.54) is 77.0 Å². The molecule has 0 aliphatic heterocycles. The van der Waals surface area contributed by atoms with E-state index in [0.717, 1.165) is 30.2 Å². The van der Waals surface area contributed by atoms with Crippen molar-refractivity contribution in [2.75, 3.05) is 18.5 Å². The summed E-state index contributed by atoms with van der Waals surface area (Å²) in [6, 6.07) is 9.74. The summed E-state index contributed by atoms with van der Waals surface area (Å²) in [5.41, 5.74) is 0.995. The molecule has 0 aromatic heterocycles. The highest BCUT2D eigenvalue weighted by molar-refractivity contribution is 9.09. The minimum atomic E-state index is -4.64. The average Bonchev–Trinajstić information content (AvgIpc) is 2.88. The first-order chi connectivity index (χ1) is 18.0. The zero-order chi connectivity index (χ0) is 27.0. The predicted molar refractivity (Wildman–Crippen MR) is 156 cm³/mol. The van der Waals surface area contributed by atoms with Gasteiger partial charge in [0.1, 0.15) is 6.10 Å². The third kappa shape index (κ3) is 21.3. The van der Waals surface area contributed by atoms with Crippen LogP contribution in [0, 0.1) is 0 Å². The van der Waals surface area contributed by atoms with Crippen molar-refractivity contribution in [1.29, 1.82) is 0 Å². The molecule has 1 rings (SSSR count). The molecule has 0 bridgehead atoms. The summed E-state index contributed by atoms with van der Waals surface area (Å²) < 4.78 is 28.6. The maximum atomic E-state index is 11.6. The lowest BCUT2D eigenvalue weighted by atomic mass is 10.0. The number of hydrogen-bond acceptors (Lipinski definition) is 4. The molecule has 0 fully saturated rings. The van der Waals surface area contributed by atoms with E-state index in [1.54, 1.807) is 0 Å². The number of benzene rings is 1. The molecule has 216 valence electrons. The van der Waals surface area contributed by atoms with Gasteiger partial charge in [-0.3, -0.25) is 4.52 Å². The first kappa shape index (κ1) is 34.8. The first-order valence-corrected chi connectivity index (χ1v) is 17.1. The van der Waals surface area contributed by atoms with Crippen LogP contribution in [0.3, 0.4) is 0 Å². The maximum Gasteiger partial charge on any atom is 0.469 e. The fourth-order valence-corrected chi connectivity index (χ4v) is 5.32. The van der Waals surface area contributed by atoms with Gasteiger partial charge in [-0.25, -0.2) is 4.57 Å². The van der Waals surface area contributed by atoms with Gasteiger partial charge in [0, 0.05) is 11.9 Å². The van der Waals surface area contributed by atoms with Crippen molar-refractivity contribution in [3.63, 3.8) is 0 Å². The van der Waals surface area contributed by atoms with Gasteiger partial charge in [0.15, 0.2) is 0 Å². The van der Waals surface area contributed by atoms with E-state index >= 15 is 0 Å². The summed E-state index contributed by atoms with van der Waals surface area (Å²) in [7, 11) is -4.64. The van der Waals surface area contributed by atoms with Crippen LogP contribution in [0.5, 0.6) is 0 Å². The van der Waals surface area contributed by atoms with Crippen LogP contribution < -0.4 is 0 Å². The summed E-state index contributed by atoms with van der Waals surface area (Å²) >= 11 is 3.39. The second-order valence-corrected chi connectivity index (χ2v) is 12.0. The van der Waals surface area contributed by atoms with Gasteiger partial charge in [0.05, 0.1) is 19.3 Å². The van der Waals surface area contributed by atoms with Gasteiger partial charge < -0.3 is 19.3 Å². The average molecular weight is 608 g/mol. The molecule has 1 aromatic carbocycles. The SMILES string of the molecule is CCCCCCCCCCCCCCCCOCC(OCc1ccccc1)C(CCCBr)OP(=O)(O)O. The summed E-state index contributed by atoms with van der Waals surface area (Å²) in [6.07, 6.45) is 18.3. The maximum absolute atomic E-state index is 11.6. The number of hydrogen-bond donors (Lipinski definition) is 2. The molecule has 0 heterocycles. The highest BCUT2D eigenvalue weighted by Crippen LogP contribution is 2.40. The zero-order valence-electron chi connectivity index (χ0n) is 23.0. The summed E-state index contributed by atoms with van der Waals surface area (Å²) in [5.74, 6) is 0. The van der Waals surface area contributed by atoms with Crippen LogP contribution in [0.4, 0.5) is 0 Å². The molecule has 0 radical (unpaired) electrons. The van der Waals surface area contributed by atoms with E-state index in [4.69, 9.17) is 14.0 Å². The van der Waals surface area contributed by atoms with Gasteiger partial charge in [0.25, 0.3) is 0 Å². The van der Waals surface area contributed by atoms with Gasteiger partial charge in [-0.15, -0.1) is 0 Å². The summed E-state index contributed by atoms with van der Waals surface area (Å²) in [5, 5.41) is 0.722. The third-order valence-electron chi connectivity index (χ3n) is 6.54. The van der Waals surface area contributed by atoms with Gasteiger partial charge in [0.2, 0.25) is 0 Å². The first-order valence-electron chi connectivity index (χ1n) is 14.5. The molecule has 2 atom stereocenters. The Labute approximate surface area is 234 Å². The standard InChI is InChI=1S/C29H52BrO6P/c1-2-3-4-5-6-7-8-9-10-11-12-13-14-18-24-34-26-29(35-25-27-20-16-15-17-21-27)28(22-19-23-30)36-37(31,32)33/h15-17,20-21,28-29H,2-14,18-19,22-26H2,1H3,(H2,31,32,33). The molecular formula is C29H52BrO6P.